The Morgan fingerprint density at radius 2 is 2.12 bits per heavy atom. The zero-order valence-electron chi connectivity index (χ0n) is 14.2. The molecule has 1 amide bonds. The number of benzene rings is 1. The molecule has 0 aliphatic carbocycles. The van der Waals surface area contributed by atoms with Crippen LogP contribution in [-0.2, 0) is 23.8 Å². The highest BCUT2D eigenvalue weighted by Gasteiger charge is 2.37. The number of para-hydroxylation sites is 1. The Labute approximate surface area is 165 Å². The van der Waals surface area contributed by atoms with E-state index in [1.807, 2.05) is 0 Å². The number of hydrogen-bond donors (Lipinski definition) is 2. The van der Waals surface area contributed by atoms with Crippen molar-refractivity contribution in [2.45, 2.75) is 32.1 Å². The van der Waals surface area contributed by atoms with Crippen LogP contribution >= 0.6 is 23.0 Å². The van der Waals surface area contributed by atoms with E-state index in [1.54, 1.807) is 41.2 Å². The fourth-order valence-electron chi connectivity index (χ4n) is 2.52. The van der Waals surface area contributed by atoms with Gasteiger partial charge in [0.25, 0.3) is 0 Å². The molecule has 8 nitrogen and oxygen atoms in total. The van der Waals surface area contributed by atoms with Gasteiger partial charge in [0.2, 0.25) is 5.91 Å². The molecule has 26 heavy (non-hydrogen) atoms. The predicted octanol–water partition coefficient (Wildman–Crippen LogP) is 1.02. The van der Waals surface area contributed by atoms with Crippen molar-refractivity contribution in [3.8, 4) is 5.75 Å². The van der Waals surface area contributed by atoms with E-state index in [0.717, 1.165) is 0 Å². The SMILES string of the molecule is CC(=O)CCC(=O)N[C@H]1Cc2cccc(C(=O)OCCOI)c2OB1O. The van der Waals surface area contributed by atoms with Gasteiger partial charge in [0, 0.05) is 12.8 Å². The number of nitrogens with one attached hydrogen (secondary N) is 1. The number of amides is 1. The van der Waals surface area contributed by atoms with Crippen molar-refractivity contribution in [1.29, 1.82) is 0 Å². The molecule has 0 aromatic heterocycles. The maximum Gasteiger partial charge on any atom is 0.547 e. The maximum absolute atomic E-state index is 12.2. The van der Waals surface area contributed by atoms with E-state index in [1.165, 1.54) is 6.92 Å². The number of Topliss-reactive ketones (excluding diaryl/α,β-unsaturated/α-hetero) is 1. The first-order chi connectivity index (χ1) is 12.4. The van der Waals surface area contributed by atoms with Crippen molar-refractivity contribution in [3.05, 3.63) is 29.3 Å². The highest BCUT2D eigenvalue weighted by atomic mass is 127. The number of ketones is 1. The zero-order chi connectivity index (χ0) is 19.1. The molecule has 1 heterocycles. The van der Waals surface area contributed by atoms with Crippen LogP contribution in [0, 0.1) is 0 Å². The highest BCUT2D eigenvalue weighted by Crippen LogP contribution is 2.30. The van der Waals surface area contributed by atoms with Crippen molar-refractivity contribution in [2.24, 2.45) is 0 Å². The molecule has 0 saturated carbocycles. The number of fused-ring (bicyclic) bond motifs is 1. The van der Waals surface area contributed by atoms with E-state index in [9.17, 15) is 19.4 Å². The second-order valence-electron chi connectivity index (χ2n) is 5.83. The molecule has 1 aliphatic heterocycles. The van der Waals surface area contributed by atoms with Gasteiger partial charge in [-0.2, -0.15) is 0 Å². The minimum atomic E-state index is -1.31. The lowest BCUT2D eigenvalue weighted by molar-refractivity contribution is -0.124. The smallest absolute Gasteiger partial charge is 0.534 e. The van der Waals surface area contributed by atoms with Crippen LogP contribution in [0.2, 0.25) is 0 Å². The summed E-state index contributed by atoms with van der Waals surface area (Å²) in [5.41, 5.74) is 0.878. The molecule has 1 aromatic rings. The molecule has 2 rings (SSSR count). The molecule has 1 atom stereocenters. The quantitative estimate of drug-likeness (QED) is 0.250. The van der Waals surface area contributed by atoms with Gasteiger partial charge in [-0.1, -0.05) is 12.1 Å². The number of esters is 1. The molecular weight excluding hydrogens is 456 g/mol. The number of rotatable bonds is 8. The molecule has 1 aliphatic rings. The minimum absolute atomic E-state index is 0.0522. The third kappa shape index (κ3) is 5.68. The molecule has 0 spiro atoms. The first-order valence-corrected chi connectivity index (χ1v) is 8.96. The lowest BCUT2D eigenvalue weighted by atomic mass is 9.72. The molecule has 2 N–H and O–H groups in total. The van der Waals surface area contributed by atoms with Gasteiger partial charge in [-0.3, -0.25) is 4.79 Å². The lowest BCUT2D eigenvalue weighted by Crippen LogP contribution is -2.53. The summed E-state index contributed by atoms with van der Waals surface area (Å²) in [6.07, 6.45) is 0.486. The average molecular weight is 475 g/mol. The van der Waals surface area contributed by atoms with Crippen molar-refractivity contribution in [1.82, 2.24) is 5.32 Å². The van der Waals surface area contributed by atoms with E-state index in [0.29, 0.717) is 12.0 Å². The molecule has 1 aromatic carbocycles. The number of ether oxygens (including phenoxy) is 1. The van der Waals surface area contributed by atoms with Gasteiger partial charge >= 0.3 is 13.1 Å². The Morgan fingerprint density at radius 1 is 1.35 bits per heavy atom. The van der Waals surface area contributed by atoms with Crippen molar-refractivity contribution < 1.29 is 31.9 Å². The summed E-state index contributed by atoms with van der Waals surface area (Å²) in [5.74, 6) is -1.42. The first kappa shape index (κ1) is 20.7. The second kappa shape index (κ2) is 9.88. The summed E-state index contributed by atoms with van der Waals surface area (Å²) >= 11 is 1.70. The fraction of sp³-hybridized carbons (Fsp3) is 0.438. The average Bonchev–Trinajstić information content (AvgIpc) is 2.60. The summed E-state index contributed by atoms with van der Waals surface area (Å²) < 4.78 is 15.4. The molecule has 0 bridgehead atoms. The van der Waals surface area contributed by atoms with Crippen LogP contribution in [0.4, 0.5) is 0 Å². The van der Waals surface area contributed by atoms with Gasteiger partial charge in [0.1, 0.15) is 46.7 Å². The Kier molecular flexibility index (Phi) is 7.85. The summed E-state index contributed by atoms with van der Waals surface area (Å²) in [7, 11) is -1.31. The fourth-order valence-corrected chi connectivity index (χ4v) is 2.70. The van der Waals surface area contributed by atoms with Gasteiger partial charge < -0.3 is 27.6 Å². The van der Waals surface area contributed by atoms with Gasteiger partial charge in [-0.15, -0.1) is 0 Å². The van der Waals surface area contributed by atoms with E-state index < -0.39 is 19.0 Å². The Morgan fingerprint density at radius 3 is 2.81 bits per heavy atom. The van der Waals surface area contributed by atoms with Crippen molar-refractivity contribution in [2.75, 3.05) is 13.2 Å². The zero-order valence-corrected chi connectivity index (χ0v) is 16.4. The van der Waals surface area contributed by atoms with Crippen LogP contribution in [-0.4, -0.2) is 49.0 Å². The standard InChI is InChI=1S/C16H19BINO7/c1-10(20)5-6-14(21)19-13-9-11-3-2-4-12(15(11)26-17(13)23)16(22)24-7-8-25-18/h2-4,13,23H,5-9H2,1H3,(H,19,21)/t13-/m0/s1. The van der Waals surface area contributed by atoms with Gasteiger partial charge in [0.15, 0.2) is 0 Å². The normalized spacial score (nSPS) is 15.7. The number of carbonyl (C=O) groups excluding carboxylic acids is 3. The largest absolute Gasteiger partial charge is 0.547 e. The van der Waals surface area contributed by atoms with Crippen LogP contribution in [0.15, 0.2) is 18.2 Å². The summed E-state index contributed by atoms with van der Waals surface area (Å²) in [6, 6.07) is 4.98. The van der Waals surface area contributed by atoms with E-state index in [2.05, 4.69) is 5.32 Å². The maximum atomic E-state index is 12.2. The predicted molar refractivity (Wildman–Crippen MR) is 101 cm³/mol. The number of hydrogen-bond acceptors (Lipinski definition) is 7. The molecule has 10 heteroatoms. The Balaban J connectivity index is 2.05. The summed E-state index contributed by atoms with van der Waals surface area (Å²) in [6.45, 7) is 1.77. The third-order valence-corrected chi connectivity index (χ3v) is 4.22. The highest BCUT2D eigenvalue weighted by molar-refractivity contribution is 14.1. The third-order valence-electron chi connectivity index (χ3n) is 3.78. The van der Waals surface area contributed by atoms with Gasteiger partial charge in [-0.25, -0.2) is 4.79 Å². The minimum Gasteiger partial charge on any atom is -0.534 e. The van der Waals surface area contributed by atoms with Crippen molar-refractivity contribution in [3.63, 3.8) is 0 Å². The molecule has 140 valence electrons. The summed E-state index contributed by atoms with van der Waals surface area (Å²) in [4.78, 5) is 35.0. The number of halogens is 1. The van der Waals surface area contributed by atoms with E-state index >= 15 is 0 Å². The second-order valence-corrected chi connectivity index (χ2v) is 6.45. The molecule has 0 radical (unpaired) electrons. The Bertz CT molecular complexity index is 685. The van der Waals surface area contributed by atoms with Crippen LogP contribution in [0.1, 0.15) is 35.7 Å². The number of carbonyl (C=O) groups is 3. The molecule has 0 saturated heterocycles. The van der Waals surface area contributed by atoms with Crippen LogP contribution in [0.5, 0.6) is 5.75 Å². The van der Waals surface area contributed by atoms with Crippen LogP contribution < -0.4 is 9.97 Å². The Hall–Kier alpha value is -1.66. The van der Waals surface area contributed by atoms with Gasteiger partial charge in [-0.05, 0) is 25.0 Å². The lowest BCUT2D eigenvalue weighted by Gasteiger charge is -2.29. The van der Waals surface area contributed by atoms with E-state index in [4.69, 9.17) is 12.5 Å². The van der Waals surface area contributed by atoms with Crippen molar-refractivity contribution >= 4 is 47.8 Å². The summed E-state index contributed by atoms with van der Waals surface area (Å²) in [5, 5.41) is 12.8. The van der Waals surface area contributed by atoms with Crippen LogP contribution in [0.25, 0.3) is 0 Å². The molecule has 0 fully saturated rings. The monoisotopic (exact) mass is 475 g/mol. The molecule has 0 unspecified atom stereocenters. The van der Waals surface area contributed by atoms with Gasteiger partial charge in [0.05, 0.1) is 12.5 Å². The molecular formula is C16H19BINO7. The van der Waals surface area contributed by atoms with Crippen LogP contribution in [0.3, 0.4) is 0 Å². The topological polar surface area (TPSA) is 111 Å². The first-order valence-electron chi connectivity index (χ1n) is 8.08. The van der Waals surface area contributed by atoms with E-state index in [-0.39, 0.29) is 49.1 Å².